The van der Waals surface area contributed by atoms with Crippen LogP contribution in [0.25, 0.3) is 22.3 Å². The minimum Gasteiger partial charge on any atom is -0.507 e. The van der Waals surface area contributed by atoms with E-state index >= 15 is 0 Å². The Morgan fingerprint density at radius 1 is 1.15 bits per heavy atom. The highest BCUT2D eigenvalue weighted by molar-refractivity contribution is 5.92. The maximum Gasteiger partial charge on any atom is 0.225 e. The molecule has 0 saturated carbocycles. The number of hydrogen-bond donors (Lipinski definition) is 2. The molecule has 2 aromatic heterocycles. The molecular formula is C27H27N5O2. The van der Waals surface area contributed by atoms with Crippen molar-refractivity contribution >= 4 is 22.6 Å². The highest BCUT2D eigenvalue weighted by atomic mass is 16.3. The lowest BCUT2D eigenvalue weighted by Crippen LogP contribution is -2.43. The van der Waals surface area contributed by atoms with Gasteiger partial charge in [0.1, 0.15) is 11.6 Å². The Bertz CT molecular complexity index is 1330. The number of hydrogen-bond acceptors (Lipinski definition) is 6. The van der Waals surface area contributed by atoms with Crippen molar-refractivity contribution in [2.24, 2.45) is 5.92 Å². The molecule has 7 nitrogen and oxygen atoms in total. The topological polar surface area (TPSA) is 91.2 Å². The molecule has 1 fully saturated rings. The van der Waals surface area contributed by atoms with E-state index in [-0.39, 0.29) is 17.6 Å². The predicted molar refractivity (Wildman–Crippen MR) is 132 cm³/mol. The third kappa shape index (κ3) is 4.55. The molecular weight excluding hydrogens is 426 g/mol. The van der Waals surface area contributed by atoms with E-state index in [0.717, 1.165) is 47.2 Å². The zero-order valence-corrected chi connectivity index (χ0v) is 19.1. The van der Waals surface area contributed by atoms with Gasteiger partial charge in [-0.3, -0.25) is 9.78 Å². The Labute approximate surface area is 198 Å². The first-order valence-electron chi connectivity index (χ1n) is 11.6. The van der Waals surface area contributed by atoms with Crippen molar-refractivity contribution < 1.29 is 9.90 Å². The second kappa shape index (κ2) is 9.47. The van der Waals surface area contributed by atoms with Crippen LogP contribution in [0.4, 0.5) is 5.82 Å². The Kier molecular flexibility index (Phi) is 6.08. The number of aryl methyl sites for hydroxylation is 1. The number of pyridine rings is 1. The van der Waals surface area contributed by atoms with E-state index in [0.29, 0.717) is 24.5 Å². The van der Waals surface area contributed by atoms with Crippen molar-refractivity contribution in [1.82, 2.24) is 20.3 Å². The number of carbonyl (C=O) groups is 1. The number of phenolic OH excluding ortho intramolecular Hbond substituents is 1. The number of nitrogens with zero attached hydrogens (tertiary/aromatic N) is 4. The fraction of sp³-hybridized carbons (Fsp3) is 0.259. The zero-order valence-electron chi connectivity index (χ0n) is 19.1. The molecule has 34 heavy (non-hydrogen) atoms. The lowest BCUT2D eigenvalue weighted by molar-refractivity contribution is -0.125. The lowest BCUT2D eigenvalue weighted by atomic mass is 9.96. The standard InChI is InChI=1S/C27H27N5O2/c1-18-10-11-21-23(14-18)30-25(22-8-2-3-9-24(22)33)31-26(21)32-13-5-7-20(17-32)27(34)29-16-19-6-4-12-28-15-19/h2-4,6,8-12,14-15,20,33H,5,7,13,16-17H2,1H3,(H,29,34). The minimum absolute atomic E-state index is 0.0451. The Morgan fingerprint density at radius 2 is 2.03 bits per heavy atom. The molecule has 1 atom stereocenters. The SMILES string of the molecule is Cc1ccc2c(N3CCCC(C(=O)NCc4cccnc4)C3)nc(-c3ccccc3O)nc2c1. The van der Waals surface area contributed by atoms with Gasteiger partial charge in [-0.15, -0.1) is 0 Å². The maximum absolute atomic E-state index is 13.0. The van der Waals surface area contributed by atoms with E-state index in [1.165, 1.54) is 0 Å². The van der Waals surface area contributed by atoms with Gasteiger partial charge in [-0.1, -0.05) is 24.3 Å². The molecule has 2 N–H and O–H groups in total. The van der Waals surface area contributed by atoms with Crippen LogP contribution in [-0.4, -0.2) is 39.1 Å². The summed E-state index contributed by atoms with van der Waals surface area (Å²) in [6.07, 6.45) is 5.22. The van der Waals surface area contributed by atoms with Gasteiger partial charge in [0.05, 0.1) is 17.0 Å². The summed E-state index contributed by atoms with van der Waals surface area (Å²) in [7, 11) is 0. The number of rotatable bonds is 5. The Morgan fingerprint density at radius 3 is 2.85 bits per heavy atom. The van der Waals surface area contributed by atoms with Gasteiger partial charge in [-0.05, 0) is 61.2 Å². The average molecular weight is 454 g/mol. The van der Waals surface area contributed by atoms with E-state index in [2.05, 4.69) is 21.3 Å². The third-order valence-electron chi connectivity index (χ3n) is 6.26. The van der Waals surface area contributed by atoms with Gasteiger partial charge in [0.25, 0.3) is 0 Å². The van der Waals surface area contributed by atoms with Crippen LogP contribution < -0.4 is 10.2 Å². The number of amides is 1. The molecule has 1 unspecified atom stereocenters. The molecule has 1 amide bonds. The van der Waals surface area contributed by atoms with Crippen LogP contribution in [0.5, 0.6) is 5.75 Å². The summed E-state index contributed by atoms with van der Waals surface area (Å²) in [5, 5.41) is 14.4. The molecule has 1 aliphatic rings. The highest BCUT2D eigenvalue weighted by Crippen LogP contribution is 2.33. The lowest BCUT2D eigenvalue weighted by Gasteiger charge is -2.33. The molecule has 0 radical (unpaired) electrons. The van der Waals surface area contributed by atoms with E-state index in [4.69, 9.17) is 9.97 Å². The molecule has 0 aliphatic carbocycles. The summed E-state index contributed by atoms with van der Waals surface area (Å²) in [5.41, 5.74) is 3.50. The summed E-state index contributed by atoms with van der Waals surface area (Å²) in [4.78, 5) is 28.9. The maximum atomic E-state index is 13.0. The minimum atomic E-state index is -0.130. The number of aromatic hydroxyl groups is 1. The molecule has 1 aliphatic heterocycles. The second-order valence-corrected chi connectivity index (χ2v) is 8.77. The van der Waals surface area contributed by atoms with Crippen molar-refractivity contribution in [2.75, 3.05) is 18.0 Å². The fourth-order valence-electron chi connectivity index (χ4n) is 4.47. The van der Waals surface area contributed by atoms with Gasteiger partial charge >= 0.3 is 0 Å². The van der Waals surface area contributed by atoms with Gasteiger partial charge in [0.2, 0.25) is 5.91 Å². The van der Waals surface area contributed by atoms with E-state index in [1.807, 2.05) is 43.3 Å². The molecule has 4 aromatic rings. The predicted octanol–water partition coefficient (Wildman–Crippen LogP) is 4.24. The highest BCUT2D eigenvalue weighted by Gasteiger charge is 2.28. The Hall–Kier alpha value is -4.00. The van der Waals surface area contributed by atoms with Crippen molar-refractivity contribution in [3.05, 3.63) is 78.1 Å². The monoisotopic (exact) mass is 453 g/mol. The number of fused-ring (bicyclic) bond motifs is 1. The van der Waals surface area contributed by atoms with Crippen LogP contribution in [0.1, 0.15) is 24.0 Å². The zero-order chi connectivity index (χ0) is 23.5. The van der Waals surface area contributed by atoms with Gasteiger partial charge in [0, 0.05) is 37.4 Å². The van der Waals surface area contributed by atoms with Gasteiger partial charge < -0.3 is 15.3 Å². The summed E-state index contributed by atoms with van der Waals surface area (Å²) in [6.45, 7) is 3.90. The van der Waals surface area contributed by atoms with Crippen LogP contribution in [0.15, 0.2) is 67.0 Å². The van der Waals surface area contributed by atoms with Crippen molar-refractivity contribution in [1.29, 1.82) is 0 Å². The van der Waals surface area contributed by atoms with Crippen LogP contribution in [0.3, 0.4) is 0 Å². The first-order valence-corrected chi connectivity index (χ1v) is 11.6. The van der Waals surface area contributed by atoms with Crippen LogP contribution in [-0.2, 0) is 11.3 Å². The molecule has 5 rings (SSSR count). The quantitative estimate of drug-likeness (QED) is 0.470. The third-order valence-corrected chi connectivity index (χ3v) is 6.26. The number of aromatic nitrogens is 3. The first-order chi connectivity index (χ1) is 16.6. The van der Waals surface area contributed by atoms with Gasteiger partial charge in [-0.25, -0.2) is 9.97 Å². The number of phenols is 1. The molecule has 2 aromatic carbocycles. The molecule has 7 heteroatoms. The summed E-state index contributed by atoms with van der Waals surface area (Å²) >= 11 is 0. The van der Waals surface area contributed by atoms with Gasteiger partial charge in [0.15, 0.2) is 5.82 Å². The number of anilines is 1. The summed E-state index contributed by atoms with van der Waals surface area (Å²) < 4.78 is 0. The number of carbonyl (C=O) groups excluding carboxylic acids is 1. The van der Waals surface area contributed by atoms with Crippen LogP contribution in [0.2, 0.25) is 0 Å². The van der Waals surface area contributed by atoms with Gasteiger partial charge in [-0.2, -0.15) is 0 Å². The summed E-state index contributed by atoms with van der Waals surface area (Å²) in [5.74, 6) is 1.34. The van der Waals surface area contributed by atoms with E-state index in [1.54, 1.807) is 24.5 Å². The normalized spacial score (nSPS) is 15.9. The van der Waals surface area contributed by atoms with E-state index in [9.17, 15) is 9.90 Å². The largest absolute Gasteiger partial charge is 0.507 e. The average Bonchev–Trinajstić information content (AvgIpc) is 2.87. The molecule has 172 valence electrons. The molecule has 0 spiro atoms. The number of para-hydroxylation sites is 1. The Balaban J connectivity index is 1.44. The van der Waals surface area contributed by atoms with Crippen LogP contribution >= 0.6 is 0 Å². The number of nitrogens with one attached hydrogen (secondary N) is 1. The second-order valence-electron chi connectivity index (χ2n) is 8.77. The number of piperidine rings is 1. The molecule has 0 bridgehead atoms. The molecule has 1 saturated heterocycles. The molecule has 3 heterocycles. The van der Waals surface area contributed by atoms with Crippen molar-refractivity contribution in [3.63, 3.8) is 0 Å². The van der Waals surface area contributed by atoms with Crippen LogP contribution in [0, 0.1) is 12.8 Å². The van der Waals surface area contributed by atoms with Crippen molar-refractivity contribution in [2.45, 2.75) is 26.3 Å². The first kappa shape index (κ1) is 21.8. The summed E-state index contributed by atoms with van der Waals surface area (Å²) in [6, 6.07) is 17.1. The number of benzene rings is 2. The fourth-order valence-corrected chi connectivity index (χ4v) is 4.47. The smallest absolute Gasteiger partial charge is 0.225 e. The van der Waals surface area contributed by atoms with E-state index < -0.39 is 0 Å². The van der Waals surface area contributed by atoms with Crippen molar-refractivity contribution in [3.8, 4) is 17.1 Å².